The van der Waals surface area contributed by atoms with Crippen LogP contribution in [-0.4, -0.2) is 25.0 Å². The number of halogens is 1. The van der Waals surface area contributed by atoms with Crippen molar-refractivity contribution in [2.45, 2.75) is 6.42 Å². The largest absolute Gasteiger partial charge is 0.481 e. The van der Waals surface area contributed by atoms with E-state index in [0.717, 1.165) is 0 Å². The third kappa shape index (κ3) is 4.18. The van der Waals surface area contributed by atoms with Crippen molar-refractivity contribution in [2.24, 2.45) is 0 Å². The van der Waals surface area contributed by atoms with Gasteiger partial charge in [0.25, 0.3) is 0 Å². The van der Waals surface area contributed by atoms with E-state index in [0.29, 0.717) is 16.3 Å². The van der Waals surface area contributed by atoms with Crippen LogP contribution >= 0.6 is 11.6 Å². The zero-order valence-electron chi connectivity index (χ0n) is 8.20. The fourth-order valence-corrected chi connectivity index (χ4v) is 1.36. The van der Waals surface area contributed by atoms with Crippen LogP contribution in [0.4, 0.5) is 0 Å². The maximum Gasteiger partial charge on any atom is 0.307 e. The minimum Gasteiger partial charge on any atom is -0.481 e. The highest BCUT2D eigenvalue weighted by Crippen LogP contribution is 2.21. The quantitative estimate of drug-likeness (QED) is 0.786. The summed E-state index contributed by atoms with van der Waals surface area (Å²) in [5, 5.41) is 9.06. The Morgan fingerprint density at radius 1 is 1.47 bits per heavy atom. The number of ether oxygens (including phenoxy) is 2. The van der Waals surface area contributed by atoms with Crippen molar-refractivity contribution in [1.82, 2.24) is 0 Å². The first-order chi connectivity index (χ1) is 7.11. The molecular weight excluding hydrogens is 220 g/mol. The smallest absolute Gasteiger partial charge is 0.307 e. The highest BCUT2D eigenvalue weighted by molar-refractivity contribution is 6.30. The van der Waals surface area contributed by atoms with Gasteiger partial charge in [0.2, 0.25) is 0 Å². The van der Waals surface area contributed by atoms with E-state index in [4.69, 9.17) is 26.2 Å². The lowest BCUT2D eigenvalue weighted by Gasteiger charge is -2.06. The van der Waals surface area contributed by atoms with Gasteiger partial charge in [0.15, 0.2) is 6.79 Å². The van der Waals surface area contributed by atoms with Gasteiger partial charge >= 0.3 is 5.97 Å². The van der Waals surface area contributed by atoms with Crippen molar-refractivity contribution in [3.05, 3.63) is 28.8 Å². The predicted molar refractivity (Wildman–Crippen MR) is 55.3 cm³/mol. The average molecular weight is 231 g/mol. The fraction of sp³-hybridized carbons (Fsp3) is 0.300. The Bertz CT molecular complexity index is 351. The van der Waals surface area contributed by atoms with Crippen LogP contribution in [0.5, 0.6) is 5.75 Å². The number of rotatable bonds is 5. The molecule has 0 atom stereocenters. The molecule has 5 heteroatoms. The molecule has 0 spiro atoms. The molecule has 0 unspecified atom stereocenters. The molecule has 0 saturated heterocycles. The Hall–Kier alpha value is -1.26. The molecule has 4 nitrogen and oxygen atoms in total. The number of hydrogen-bond donors (Lipinski definition) is 1. The lowest BCUT2D eigenvalue weighted by atomic mass is 10.1. The first-order valence-corrected chi connectivity index (χ1v) is 4.62. The van der Waals surface area contributed by atoms with E-state index in [2.05, 4.69) is 0 Å². The SMILES string of the molecule is COCOc1cc(Cl)cc(CC(=O)O)c1. The fourth-order valence-electron chi connectivity index (χ4n) is 1.11. The van der Waals surface area contributed by atoms with Gasteiger partial charge < -0.3 is 14.6 Å². The van der Waals surface area contributed by atoms with E-state index >= 15 is 0 Å². The molecule has 0 heterocycles. The van der Waals surface area contributed by atoms with E-state index in [1.807, 2.05) is 0 Å². The standard InChI is InChI=1S/C10H11ClO4/c1-14-6-15-9-3-7(4-10(12)13)2-8(11)5-9/h2-3,5H,4,6H2,1H3,(H,12,13). The highest BCUT2D eigenvalue weighted by Gasteiger charge is 2.04. The van der Waals surface area contributed by atoms with E-state index in [-0.39, 0.29) is 13.2 Å². The minimum atomic E-state index is -0.907. The van der Waals surface area contributed by atoms with E-state index in [9.17, 15) is 4.79 Å². The summed E-state index contributed by atoms with van der Waals surface area (Å²) in [7, 11) is 1.50. The number of hydrogen-bond acceptors (Lipinski definition) is 3. The van der Waals surface area contributed by atoms with Crippen LogP contribution in [0.15, 0.2) is 18.2 Å². The highest BCUT2D eigenvalue weighted by atomic mass is 35.5. The van der Waals surface area contributed by atoms with Gasteiger partial charge in [-0.1, -0.05) is 11.6 Å². The first kappa shape index (κ1) is 11.8. The summed E-state index contributed by atoms with van der Waals surface area (Å²) in [4.78, 5) is 10.5. The van der Waals surface area contributed by atoms with Crippen molar-refractivity contribution in [3.8, 4) is 5.75 Å². The predicted octanol–water partition coefficient (Wildman–Crippen LogP) is 1.95. The molecule has 0 aliphatic heterocycles. The normalized spacial score (nSPS) is 10.0. The Kier molecular flexibility index (Phi) is 4.39. The second kappa shape index (κ2) is 5.58. The minimum absolute atomic E-state index is 0.0795. The van der Waals surface area contributed by atoms with Crippen LogP contribution < -0.4 is 4.74 Å². The van der Waals surface area contributed by atoms with Gasteiger partial charge in [-0.3, -0.25) is 4.79 Å². The molecule has 0 aromatic heterocycles. The van der Waals surface area contributed by atoms with Crippen molar-refractivity contribution in [2.75, 3.05) is 13.9 Å². The molecule has 15 heavy (non-hydrogen) atoms. The Morgan fingerprint density at radius 2 is 2.20 bits per heavy atom. The molecule has 0 amide bonds. The monoisotopic (exact) mass is 230 g/mol. The summed E-state index contributed by atoms with van der Waals surface area (Å²) < 4.78 is 9.88. The summed E-state index contributed by atoms with van der Waals surface area (Å²) >= 11 is 5.80. The maximum atomic E-state index is 10.5. The molecule has 0 saturated carbocycles. The second-order valence-electron chi connectivity index (χ2n) is 2.92. The van der Waals surface area contributed by atoms with Crippen molar-refractivity contribution in [3.63, 3.8) is 0 Å². The van der Waals surface area contributed by atoms with Crippen LogP contribution in [0.25, 0.3) is 0 Å². The summed E-state index contributed by atoms with van der Waals surface area (Å²) in [5.74, 6) is -0.407. The van der Waals surface area contributed by atoms with Gasteiger partial charge in [-0.25, -0.2) is 0 Å². The second-order valence-corrected chi connectivity index (χ2v) is 3.35. The summed E-state index contributed by atoms with van der Waals surface area (Å²) in [6, 6.07) is 4.82. The topological polar surface area (TPSA) is 55.8 Å². The third-order valence-electron chi connectivity index (χ3n) is 1.63. The number of methoxy groups -OCH3 is 1. The Morgan fingerprint density at radius 3 is 2.80 bits per heavy atom. The molecule has 0 fully saturated rings. The molecule has 1 aromatic carbocycles. The zero-order chi connectivity index (χ0) is 11.3. The lowest BCUT2D eigenvalue weighted by molar-refractivity contribution is -0.136. The molecule has 1 aromatic rings. The summed E-state index contributed by atoms with van der Waals surface area (Å²) in [5.41, 5.74) is 0.598. The maximum absolute atomic E-state index is 10.5. The molecule has 82 valence electrons. The third-order valence-corrected chi connectivity index (χ3v) is 1.85. The zero-order valence-corrected chi connectivity index (χ0v) is 8.95. The van der Waals surface area contributed by atoms with E-state index in [1.165, 1.54) is 7.11 Å². The number of benzene rings is 1. The number of carbonyl (C=O) groups is 1. The lowest BCUT2D eigenvalue weighted by Crippen LogP contribution is -2.02. The number of carboxylic acid groups (broad SMARTS) is 1. The Labute approximate surface area is 92.4 Å². The van der Waals surface area contributed by atoms with Gasteiger partial charge in [0.1, 0.15) is 5.75 Å². The molecule has 1 N–H and O–H groups in total. The van der Waals surface area contributed by atoms with E-state index in [1.54, 1.807) is 18.2 Å². The van der Waals surface area contributed by atoms with Gasteiger partial charge in [-0.05, 0) is 23.8 Å². The molecular formula is C10H11ClO4. The van der Waals surface area contributed by atoms with Crippen LogP contribution in [0.1, 0.15) is 5.56 Å². The van der Waals surface area contributed by atoms with Gasteiger partial charge in [0, 0.05) is 12.1 Å². The molecule has 0 aliphatic rings. The van der Waals surface area contributed by atoms with Crippen molar-refractivity contribution in [1.29, 1.82) is 0 Å². The molecule has 1 rings (SSSR count). The number of aliphatic carboxylic acids is 1. The summed E-state index contributed by atoms with van der Waals surface area (Å²) in [6.07, 6.45) is -0.0795. The summed E-state index contributed by atoms with van der Waals surface area (Å²) in [6.45, 7) is 0.104. The first-order valence-electron chi connectivity index (χ1n) is 4.25. The van der Waals surface area contributed by atoms with E-state index < -0.39 is 5.97 Å². The van der Waals surface area contributed by atoms with Crippen molar-refractivity contribution >= 4 is 17.6 Å². The molecule has 0 bridgehead atoms. The molecule has 0 radical (unpaired) electrons. The van der Waals surface area contributed by atoms with Crippen LogP contribution in [-0.2, 0) is 16.0 Å². The number of carboxylic acids is 1. The Balaban J connectivity index is 2.79. The van der Waals surface area contributed by atoms with Gasteiger partial charge in [-0.15, -0.1) is 0 Å². The van der Waals surface area contributed by atoms with Gasteiger partial charge in [-0.2, -0.15) is 0 Å². The van der Waals surface area contributed by atoms with Crippen LogP contribution in [0.3, 0.4) is 0 Å². The van der Waals surface area contributed by atoms with Crippen LogP contribution in [0, 0.1) is 0 Å². The van der Waals surface area contributed by atoms with Crippen LogP contribution in [0.2, 0.25) is 5.02 Å². The molecule has 0 aliphatic carbocycles. The average Bonchev–Trinajstić information content (AvgIpc) is 2.12. The van der Waals surface area contributed by atoms with Crippen molar-refractivity contribution < 1.29 is 19.4 Å². The van der Waals surface area contributed by atoms with Gasteiger partial charge in [0.05, 0.1) is 6.42 Å².